The average Bonchev–Trinajstić information content (AvgIpc) is 1.89. The van der Waals surface area contributed by atoms with Crippen LogP contribution in [0.1, 0.15) is 0 Å². The Kier molecular flexibility index (Phi) is 1.64. The van der Waals surface area contributed by atoms with Crippen molar-refractivity contribution in [3.05, 3.63) is 11.2 Å². The highest BCUT2D eigenvalue weighted by Crippen LogP contribution is 2.16. The van der Waals surface area contributed by atoms with Gasteiger partial charge in [0, 0.05) is 0 Å². The fourth-order valence-corrected chi connectivity index (χ4v) is 0.437. The van der Waals surface area contributed by atoms with Crippen molar-refractivity contribution in [3.63, 3.8) is 0 Å². The zero-order valence-electron chi connectivity index (χ0n) is 4.19. The molecule has 0 saturated carbocycles. The molecule has 1 radical (unpaired) electrons. The minimum Gasteiger partial charge on any atom is -0.137 e. The van der Waals surface area contributed by atoms with Gasteiger partial charge in [0.15, 0.2) is 0 Å². The fraction of sp³-hybridized carbons (Fsp3) is 0. The maximum atomic E-state index is 8.13. The molecule has 45 valence electrons. The lowest BCUT2D eigenvalue weighted by atomic mass is 10.6. The Morgan fingerprint density at radius 1 is 1.67 bits per heavy atom. The van der Waals surface area contributed by atoms with Gasteiger partial charge >= 0.3 is 0 Å². The predicted molar refractivity (Wildman–Crippen MR) is 29.1 cm³/mol. The lowest BCUT2D eigenvalue weighted by molar-refractivity contribution is 0.859. The molecule has 0 aliphatic heterocycles. The molecular weight excluding hydrogens is 142 g/mol. The molecule has 1 rings (SSSR count). The maximum absolute atomic E-state index is 8.13. The smallest absolute Gasteiger partial charge is 0.137 e. The summed E-state index contributed by atoms with van der Waals surface area (Å²) in [7, 11) is 0. The number of halogens is 1. The molecule has 5 nitrogen and oxygen atoms in total. The molecule has 0 bridgehead atoms. The number of nitrogens with zero attached hydrogens (tertiary/aromatic N) is 5. The van der Waals surface area contributed by atoms with Crippen molar-refractivity contribution in [2.24, 2.45) is 5.11 Å². The van der Waals surface area contributed by atoms with Gasteiger partial charge < -0.3 is 0 Å². The number of rotatable bonds is 1. The summed E-state index contributed by atoms with van der Waals surface area (Å²) in [6.07, 6.45) is 1.24. The third-order valence-electron chi connectivity index (χ3n) is 0.670. The van der Waals surface area contributed by atoms with E-state index >= 15 is 0 Å². The van der Waals surface area contributed by atoms with Gasteiger partial charge in [-0.1, -0.05) is 11.6 Å². The van der Waals surface area contributed by atoms with Crippen LogP contribution in [0.3, 0.4) is 0 Å². The van der Waals surface area contributed by atoms with Crippen molar-refractivity contribution in [1.29, 1.82) is 0 Å². The van der Waals surface area contributed by atoms with Crippen LogP contribution in [0.15, 0.2) is 11.3 Å². The molecule has 1 heterocycles. The first-order chi connectivity index (χ1) is 4.34. The summed E-state index contributed by atoms with van der Waals surface area (Å²) in [5, 5.41) is 12.7. The Labute approximate surface area is 55.6 Å². The van der Waals surface area contributed by atoms with Crippen LogP contribution in [0.4, 0.5) is 5.82 Å². The largest absolute Gasteiger partial charge is 0.220 e. The summed E-state index contributed by atoms with van der Waals surface area (Å²) in [5.74, 6) is -0.0216. The van der Waals surface area contributed by atoms with E-state index < -0.39 is 0 Å². The molecule has 0 unspecified atom stereocenters. The minimum atomic E-state index is -0.0216. The van der Waals surface area contributed by atoms with Gasteiger partial charge in [0.2, 0.25) is 5.82 Å². The van der Waals surface area contributed by atoms with E-state index in [9.17, 15) is 0 Å². The molecule has 1 aromatic rings. The van der Waals surface area contributed by atoms with Crippen LogP contribution in [-0.4, -0.2) is 15.4 Å². The van der Waals surface area contributed by atoms with E-state index in [1.807, 2.05) is 0 Å². The van der Waals surface area contributed by atoms with Crippen molar-refractivity contribution in [2.75, 3.05) is 0 Å². The Morgan fingerprint density at radius 2 is 2.44 bits per heavy atom. The second kappa shape index (κ2) is 2.45. The monoisotopic (exact) mass is 142 g/mol. The maximum Gasteiger partial charge on any atom is 0.220 e. The zero-order chi connectivity index (χ0) is 6.69. The Hall–Kier alpha value is -1.10. The van der Waals surface area contributed by atoms with Gasteiger partial charge in [-0.3, -0.25) is 0 Å². The Morgan fingerprint density at radius 3 is 2.89 bits per heavy atom. The first kappa shape index (κ1) is 6.03. The van der Waals surface area contributed by atoms with Crippen LogP contribution in [0.25, 0.3) is 0 Å². The Bertz CT molecular complexity index is 223. The fourth-order valence-electron chi connectivity index (χ4n) is 0.318. The van der Waals surface area contributed by atoms with E-state index in [4.69, 9.17) is 17.1 Å². The highest BCUT2D eigenvalue weighted by Gasteiger charge is 1.97. The van der Waals surface area contributed by atoms with Gasteiger partial charge in [0.1, 0.15) is 5.02 Å². The van der Waals surface area contributed by atoms with Crippen molar-refractivity contribution < 1.29 is 0 Å². The summed E-state index contributed by atoms with van der Waals surface area (Å²) in [6.45, 7) is 0. The number of hydrogen-bond donors (Lipinski definition) is 0. The molecule has 0 saturated heterocycles. The first-order valence-corrected chi connectivity index (χ1v) is 2.41. The van der Waals surface area contributed by atoms with Crippen LogP contribution < -0.4 is 5.53 Å². The van der Waals surface area contributed by atoms with Gasteiger partial charge in [0.25, 0.3) is 0 Å². The van der Waals surface area contributed by atoms with Crippen molar-refractivity contribution in [1.82, 2.24) is 20.9 Å². The average molecular weight is 143 g/mol. The summed E-state index contributed by atoms with van der Waals surface area (Å²) >= 11 is 5.41. The van der Waals surface area contributed by atoms with Crippen LogP contribution in [0.2, 0.25) is 5.02 Å². The van der Waals surface area contributed by atoms with Gasteiger partial charge in [-0.2, -0.15) is 0 Å². The van der Waals surface area contributed by atoms with Gasteiger partial charge in [-0.15, -0.1) is 15.3 Å². The standard InChI is InChI=1S/C3HClN5/c4-2-1-6-9-8-3(2)7-5/h1H. The van der Waals surface area contributed by atoms with E-state index in [1.165, 1.54) is 6.20 Å². The number of aromatic nitrogens is 3. The minimum absolute atomic E-state index is 0.0216. The summed E-state index contributed by atoms with van der Waals surface area (Å²) in [4.78, 5) is 0. The molecule has 9 heavy (non-hydrogen) atoms. The van der Waals surface area contributed by atoms with Crippen LogP contribution in [0, 0.1) is 0 Å². The molecule has 0 N–H and O–H groups in total. The van der Waals surface area contributed by atoms with Crippen LogP contribution >= 0.6 is 11.6 Å². The highest BCUT2D eigenvalue weighted by atomic mass is 35.5. The zero-order valence-corrected chi connectivity index (χ0v) is 4.95. The summed E-state index contributed by atoms with van der Waals surface area (Å²) in [5.41, 5.74) is 8.13. The van der Waals surface area contributed by atoms with Crippen molar-refractivity contribution in [3.8, 4) is 0 Å². The van der Waals surface area contributed by atoms with Gasteiger partial charge in [0.05, 0.1) is 6.20 Å². The second-order valence-electron chi connectivity index (χ2n) is 1.21. The summed E-state index contributed by atoms with van der Waals surface area (Å²) in [6, 6.07) is 0. The van der Waals surface area contributed by atoms with Gasteiger partial charge in [-0.05, 0) is 10.7 Å². The topological polar surface area (TPSA) is 73.3 Å². The third-order valence-corrected chi connectivity index (χ3v) is 0.937. The lowest BCUT2D eigenvalue weighted by Crippen LogP contribution is -1.84. The molecule has 1 aromatic heterocycles. The van der Waals surface area contributed by atoms with Crippen LogP contribution in [0.5, 0.6) is 0 Å². The van der Waals surface area contributed by atoms with Crippen molar-refractivity contribution >= 4 is 17.4 Å². The number of hydrogen-bond acceptors (Lipinski definition) is 4. The molecule has 0 atom stereocenters. The molecule has 0 amide bonds. The quantitative estimate of drug-likeness (QED) is 0.533. The molecule has 0 aliphatic rings. The first-order valence-electron chi connectivity index (χ1n) is 2.03. The molecule has 0 fully saturated rings. The van der Waals surface area contributed by atoms with Crippen LogP contribution in [-0.2, 0) is 0 Å². The normalized spacial score (nSPS) is 9.00. The molecule has 6 heteroatoms. The van der Waals surface area contributed by atoms with Crippen molar-refractivity contribution in [2.45, 2.75) is 0 Å². The molecular formula is C3HClN5. The SMILES string of the molecule is [N]=Nc1nnncc1Cl. The highest BCUT2D eigenvalue weighted by molar-refractivity contribution is 6.32. The van der Waals surface area contributed by atoms with E-state index in [0.717, 1.165) is 0 Å². The Balaban J connectivity index is 3.15. The predicted octanol–water partition coefficient (Wildman–Crippen LogP) is 0.409. The van der Waals surface area contributed by atoms with E-state index in [1.54, 1.807) is 0 Å². The van der Waals surface area contributed by atoms with E-state index in [2.05, 4.69) is 20.5 Å². The lowest BCUT2D eigenvalue weighted by Gasteiger charge is -1.86. The van der Waals surface area contributed by atoms with E-state index in [0.29, 0.717) is 0 Å². The molecule has 0 aromatic carbocycles. The molecule has 0 aliphatic carbocycles. The second-order valence-corrected chi connectivity index (χ2v) is 1.61. The molecule has 0 spiro atoms. The van der Waals surface area contributed by atoms with Gasteiger partial charge in [-0.25, -0.2) is 0 Å². The third kappa shape index (κ3) is 1.17. The summed E-state index contributed by atoms with van der Waals surface area (Å²) < 4.78 is 0. The van der Waals surface area contributed by atoms with E-state index in [-0.39, 0.29) is 10.8 Å².